The van der Waals surface area contributed by atoms with Crippen LogP contribution < -0.4 is 5.73 Å². The zero-order chi connectivity index (χ0) is 15.3. The van der Waals surface area contributed by atoms with E-state index in [0.29, 0.717) is 5.82 Å². The Morgan fingerprint density at radius 1 is 1.14 bits per heavy atom. The molecule has 0 radical (unpaired) electrons. The van der Waals surface area contributed by atoms with Gasteiger partial charge in [0.15, 0.2) is 0 Å². The summed E-state index contributed by atoms with van der Waals surface area (Å²) >= 11 is 3.53. The second kappa shape index (κ2) is 5.13. The van der Waals surface area contributed by atoms with E-state index in [1.807, 2.05) is 10.6 Å². The van der Waals surface area contributed by atoms with Crippen LogP contribution >= 0.6 is 15.9 Å². The third-order valence-electron chi connectivity index (χ3n) is 4.53. The van der Waals surface area contributed by atoms with Crippen LogP contribution in [0.4, 0.5) is 5.82 Å². The average Bonchev–Trinajstić information content (AvgIpc) is 2.84. The van der Waals surface area contributed by atoms with Gasteiger partial charge in [0, 0.05) is 16.2 Å². The maximum atomic E-state index is 6.36. The molecule has 4 heteroatoms. The smallest absolute Gasteiger partial charge is 0.142 e. The Bertz CT molecular complexity index is 880. The fourth-order valence-corrected chi connectivity index (χ4v) is 3.93. The number of anilines is 1. The minimum atomic E-state index is 0.704. The number of nitrogen functional groups attached to an aromatic ring is 1. The van der Waals surface area contributed by atoms with Crippen molar-refractivity contribution in [2.75, 3.05) is 5.73 Å². The van der Waals surface area contributed by atoms with Gasteiger partial charge < -0.3 is 5.73 Å². The number of hydrogen-bond donors (Lipinski definition) is 1. The maximum Gasteiger partial charge on any atom is 0.142 e. The van der Waals surface area contributed by atoms with Crippen LogP contribution in [0.2, 0.25) is 0 Å². The number of benzene rings is 1. The summed E-state index contributed by atoms with van der Waals surface area (Å²) in [4.78, 5) is 4.79. The molecule has 0 fully saturated rings. The normalized spacial score (nSPS) is 14.3. The SMILES string of the molecule is Cc1cc(Br)cn2c(N)c(-c3ccc4c(c3)CCCC4)nc12. The second-order valence-corrected chi connectivity index (χ2v) is 6.99. The van der Waals surface area contributed by atoms with Crippen LogP contribution in [-0.2, 0) is 12.8 Å². The Balaban J connectivity index is 1.91. The first-order valence-electron chi connectivity index (χ1n) is 7.69. The van der Waals surface area contributed by atoms with E-state index in [9.17, 15) is 0 Å². The second-order valence-electron chi connectivity index (χ2n) is 6.07. The van der Waals surface area contributed by atoms with Gasteiger partial charge in [0.05, 0.1) is 0 Å². The fraction of sp³-hybridized carbons (Fsp3) is 0.278. The first-order chi connectivity index (χ1) is 10.6. The molecule has 0 amide bonds. The number of halogens is 1. The molecule has 3 aromatic rings. The molecular weight excluding hydrogens is 338 g/mol. The third-order valence-corrected chi connectivity index (χ3v) is 4.96. The highest BCUT2D eigenvalue weighted by atomic mass is 79.9. The van der Waals surface area contributed by atoms with Crippen molar-refractivity contribution in [2.45, 2.75) is 32.6 Å². The predicted octanol–water partition coefficient (Wildman–Crippen LogP) is 4.53. The summed E-state index contributed by atoms with van der Waals surface area (Å²) in [5.41, 5.74) is 13.4. The molecule has 112 valence electrons. The highest BCUT2D eigenvalue weighted by Crippen LogP contribution is 2.32. The van der Waals surface area contributed by atoms with Gasteiger partial charge in [-0.05, 0) is 77.4 Å². The Morgan fingerprint density at radius 3 is 2.73 bits per heavy atom. The van der Waals surface area contributed by atoms with Crippen molar-refractivity contribution in [3.8, 4) is 11.3 Å². The fourth-order valence-electron chi connectivity index (χ4n) is 3.38. The molecule has 0 saturated heterocycles. The van der Waals surface area contributed by atoms with Crippen LogP contribution in [0, 0.1) is 6.92 Å². The van der Waals surface area contributed by atoms with Gasteiger partial charge in [-0.3, -0.25) is 4.40 Å². The summed E-state index contributed by atoms with van der Waals surface area (Å²) in [7, 11) is 0. The van der Waals surface area contributed by atoms with E-state index in [2.05, 4.69) is 47.1 Å². The summed E-state index contributed by atoms with van der Waals surface area (Å²) in [6.07, 6.45) is 6.93. The predicted molar refractivity (Wildman–Crippen MR) is 94.1 cm³/mol. The van der Waals surface area contributed by atoms with Crippen LogP contribution in [0.25, 0.3) is 16.9 Å². The number of aromatic nitrogens is 2. The molecule has 1 aliphatic carbocycles. The van der Waals surface area contributed by atoms with E-state index < -0.39 is 0 Å². The van der Waals surface area contributed by atoms with Crippen molar-refractivity contribution < 1.29 is 0 Å². The molecule has 0 spiro atoms. The van der Waals surface area contributed by atoms with E-state index in [4.69, 9.17) is 10.7 Å². The first-order valence-corrected chi connectivity index (χ1v) is 8.48. The zero-order valence-electron chi connectivity index (χ0n) is 12.6. The lowest BCUT2D eigenvalue weighted by Crippen LogP contribution is -2.02. The van der Waals surface area contributed by atoms with Crippen molar-refractivity contribution in [3.05, 3.63) is 51.6 Å². The lowest BCUT2D eigenvalue weighted by molar-refractivity contribution is 0.686. The number of rotatable bonds is 1. The zero-order valence-corrected chi connectivity index (χ0v) is 14.2. The van der Waals surface area contributed by atoms with Gasteiger partial charge in [-0.2, -0.15) is 0 Å². The molecule has 0 bridgehead atoms. The maximum absolute atomic E-state index is 6.36. The minimum absolute atomic E-state index is 0.704. The Hall–Kier alpha value is -1.81. The molecule has 1 aliphatic rings. The molecule has 0 saturated carbocycles. The standard InChI is InChI=1S/C18H18BrN3/c1-11-8-15(19)10-22-17(20)16(21-18(11)22)14-7-6-12-4-2-3-5-13(12)9-14/h6-10H,2-5,20H2,1H3. The van der Waals surface area contributed by atoms with Crippen LogP contribution in [-0.4, -0.2) is 9.38 Å². The van der Waals surface area contributed by atoms with E-state index in [0.717, 1.165) is 26.9 Å². The quantitative estimate of drug-likeness (QED) is 0.696. The Morgan fingerprint density at radius 2 is 1.91 bits per heavy atom. The molecule has 4 rings (SSSR count). The number of nitrogens with zero attached hydrogens (tertiary/aromatic N) is 2. The van der Waals surface area contributed by atoms with Crippen molar-refractivity contribution in [1.82, 2.24) is 9.38 Å². The van der Waals surface area contributed by atoms with Gasteiger partial charge in [-0.1, -0.05) is 12.1 Å². The molecule has 0 aliphatic heterocycles. The lowest BCUT2D eigenvalue weighted by atomic mass is 9.90. The number of hydrogen-bond acceptors (Lipinski definition) is 2. The molecule has 22 heavy (non-hydrogen) atoms. The third kappa shape index (κ3) is 2.13. The topological polar surface area (TPSA) is 43.3 Å². The highest BCUT2D eigenvalue weighted by molar-refractivity contribution is 9.10. The van der Waals surface area contributed by atoms with Gasteiger partial charge in [-0.25, -0.2) is 4.98 Å². The highest BCUT2D eigenvalue weighted by Gasteiger charge is 2.16. The number of fused-ring (bicyclic) bond motifs is 2. The van der Waals surface area contributed by atoms with Gasteiger partial charge in [-0.15, -0.1) is 0 Å². The average molecular weight is 356 g/mol. The van der Waals surface area contributed by atoms with E-state index in [1.54, 1.807) is 0 Å². The van der Waals surface area contributed by atoms with Gasteiger partial charge in [0.25, 0.3) is 0 Å². The molecule has 0 unspecified atom stereocenters. The molecule has 1 aromatic carbocycles. The molecule has 2 aromatic heterocycles. The van der Waals surface area contributed by atoms with Gasteiger partial charge in [0.1, 0.15) is 17.2 Å². The molecule has 0 atom stereocenters. The minimum Gasteiger partial charge on any atom is -0.383 e. The number of pyridine rings is 1. The van der Waals surface area contributed by atoms with Crippen LogP contribution in [0.1, 0.15) is 29.5 Å². The summed E-state index contributed by atoms with van der Waals surface area (Å²) in [6.45, 7) is 2.06. The van der Waals surface area contributed by atoms with Crippen molar-refractivity contribution in [1.29, 1.82) is 0 Å². The number of imidazole rings is 1. The molecule has 2 heterocycles. The Kier molecular flexibility index (Phi) is 3.22. The van der Waals surface area contributed by atoms with E-state index in [-0.39, 0.29) is 0 Å². The summed E-state index contributed by atoms with van der Waals surface area (Å²) < 4.78 is 2.98. The van der Waals surface area contributed by atoms with Crippen molar-refractivity contribution in [3.63, 3.8) is 0 Å². The molecule has 2 N–H and O–H groups in total. The lowest BCUT2D eigenvalue weighted by Gasteiger charge is -2.16. The van der Waals surface area contributed by atoms with E-state index in [1.165, 1.54) is 36.8 Å². The van der Waals surface area contributed by atoms with Gasteiger partial charge >= 0.3 is 0 Å². The number of nitrogens with two attached hydrogens (primary N) is 1. The number of aryl methyl sites for hydroxylation is 3. The van der Waals surface area contributed by atoms with Crippen molar-refractivity contribution in [2.24, 2.45) is 0 Å². The van der Waals surface area contributed by atoms with E-state index >= 15 is 0 Å². The van der Waals surface area contributed by atoms with Crippen LogP contribution in [0.15, 0.2) is 34.9 Å². The van der Waals surface area contributed by atoms with Crippen LogP contribution in [0.5, 0.6) is 0 Å². The van der Waals surface area contributed by atoms with Crippen molar-refractivity contribution >= 4 is 27.4 Å². The molecule has 3 nitrogen and oxygen atoms in total. The first kappa shape index (κ1) is 13.8. The molecular formula is C18H18BrN3. The Labute approximate surface area is 138 Å². The van der Waals surface area contributed by atoms with Gasteiger partial charge in [0.2, 0.25) is 0 Å². The monoisotopic (exact) mass is 355 g/mol. The largest absolute Gasteiger partial charge is 0.383 e. The summed E-state index contributed by atoms with van der Waals surface area (Å²) in [5.74, 6) is 0.704. The summed E-state index contributed by atoms with van der Waals surface area (Å²) in [5, 5.41) is 0. The summed E-state index contributed by atoms with van der Waals surface area (Å²) in [6, 6.07) is 8.75. The van der Waals surface area contributed by atoms with Crippen LogP contribution in [0.3, 0.4) is 0 Å².